The minimum absolute atomic E-state index is 0.0658. The Kier molecular flexibility index (Phi) is 6.63. The summed E-state index contributed by atoms with van der Waals surface area (Å²) in [6, 6.07) is 17.7. The Morgan fingerprint density at radius 1 is 0.921 bits per heavy atom. The molecule has 0 bridgehead atoms. The highest BCUT2D eigenvalue weighted by atomic mass is 19.1. The first-order valence-electron chi connectivity index (χ1n) is 12.4. The summed E-state index contributed by atoms with van der Waals surface area (Å²) in [4.78, 5) is 42.3. The van der Waals surface area contributed by atoms with Crippen molar-refractivity contribution in [3.8, 4) is 11.5 Å². The van der Waals surface area contributed by atoms with Crippen molar-refractivity contribution in [1.82, 2.24) is 4.98 Å². The molecular formula is C30H26FN3O4. The number of carbonyl (C=O) groups excluding carboxylic acids is 3. The number of hydrogen-bond donors (Lipinski definition) is 2. The van der Waals surface area contributed by atoms with Crippen LogP contribution in [0.2, 0.25) is 0 Å². The Bertz CT molecular complexity index is 1540. The fourth-order valence-electron chi connectivity index (χ4n) is 4.31. The largest absolute Gasteiger partial charge is 0.457 e. The Morgan fingerprint density at radius 2 is 1.53 bits per heavy atom. The summed E-state index contributed by atoms with van der Waals surface area (Å²) >= 11 is 0. The van der Waals surface area contributed by atoms with E-state index in [1.165, 1.54) is 24.3 Å². The lowest BCUT2D eigenvalue weighted by Crippen LogP contribution is -2.35. The number of hydrogen-bond acceptors (Lipinski definition) is 5. The minimum atomic E-state index is -1.14. The van der Waals surface area contributed by atoms with Gasteiger partial charge in [-0.2, -0.15) is 0 Å². The molecule has 5 rings (SSSR count). The molecule has 192 valence electrons. The topological polar surface area (TPSA) is 97.4 Å². The molecule has 38 heavy (non-hydrogen) atoms. The molecule has 0 saturated heterocycles. The van der Waals surface area contributed by atoms with Gasteiger partial charge in [-0.1, -0.05) is 6.92 Å². The van der Waals surface area contributed by atoms with Crippen molar-refractivity contribution in [1.29, 1.82) is 0 Å². The number of Topliss-reactive ketones (excluding diaryl/α,β-unsaturated/α-hetero) is 1. The number of rotatable bonds is 8. The van der Waals surface area contributed by atoms with Crippen molar-refractivity contribution in [3.05, 3.63) is 89.9 Å². The molecule has 0 aliphatic heterocycles. The molecule has 0 radical (unpaired) electrons. The van der Waals surface area contributed by atoms with Gasteiger partial charge in [-0.15, -0.1) is 0 Å². The predicted octanol–water partition coefficient (Wildman–Crippen LogP) is 6.42. The highest BCUT2D eigenvalue weighted by Gasteiger charge is 2.56. The molecular weight excluding hydrogens is 485 g/mol. The molecule has 2 N–H and O–H groups in total. The molecule has 1 saturated carbocycles. The quantitative estimate of drug-likeness (QED) is 0.210. The van der Waals surface area contributed by atoms with Gasteiger partial charge in [0.15, 0.2) is 5.78 Å². The van der Waals surface area contributed by atoms with Crippen LogP contribution in [0.25, 0.3) is 10.9 Å². The lowest BCUT2D eigenvalue weighted by molar-refractivity contribution is -0.131. The normalized spacial score (nSPS) is 13.6. The lowest BCUT2D eigenvalue weighted by Gasteiger charge is -2.16. The van der Waals surface area contributed by atoms with E-state index in [1.807, 2.05) is 19.9 Å². The second-order valence-electron chi connectivity index (χ2n) is 9.39. The fourth-order valence-corrected chi connectivity index (χ4v) is 4.31. The number of ether oxygens (including phenoxy) is 1. The van der Waals surface area contributed by atoms with E-state index < -0.39 is 17.1 Å². The molecule has 8 heteroatoms. The van der Waals surface area contributed by atoms with Crippen LogP contribution < -0.4 is 15.4 Å². The maximum atomic E-state index is 13.1. The highest BCUT2D eigenvalue weighted by molar-refractivity contribution is 6.16. The standard InChI is InChI=1S/C30H26FN3O4/c1-3-26(35)23-17-25-24(16-18(23)2)27(12-15-32-25)38-22-10-8-21(9-11-22)34-29(37)30(13-14-30)28(36)33-20-6-4-19(31)5-7-20/h4-12,15-17H,3,13-14H2,1-2H3,(H,33,36)(H,34,37). The summed E-state index contributed by atoms with van der Waals surface area (Å²) < 4.78 is 19.2. The van der Waals surface area contributed by atoms with E-state index in [0.717, 1.165) is 10.9 Å². The van der Waals surface area contributed by atoms with Gasteiger partial charge in [-0.05, 0) is 92.1 Å². The number of aromatic nitrogens is 1. The van der Waals surface area contributed by atoms with Gasteiger partial charge in [0.25, 0.3) is 0 Å². The van der Waals surface area contributed by atoms with Gasteiger partial charge in [0.1, 0.15) is 22.7 Å². The summed E-state index contributed by atoms with van der Waals surface area (Å²) in [6.45, 7) is 3.72. The van der Waals surface area contributed by atoms with Crippen LogP contribution in [0.5, 0.6) is 11.5 Å². The first-order valence-corrected chi connectivity index (χ1v) is 12.4. The maximum absolute atomic E-state index is 13.1. The number of pyridine rings is 1. The number of amides is 2. The van der Waals surface area contributed by atoms with Crippen LogP contribution in [0.15, 0.2) is 72.9 Å². The first kappa shape index (κ1) is 25.1. The average molecular weight is 512 g/mol. The molecule has 0 spiro atoms. The zero-order chi connectivity index (χ0) is 26.9. The number of ketones is 1. The van der Waals surface area contributed by atoms with Crippen molar-refractivity contribution >= 4 is 39.9 Å². The molecule has 1 heterocycles. The summed E-state index contributed by atoms with van der Waals surface area (Å²) in [6.07, 6.45) is 2.93. The SMILES string of the molecule is CCC(=O)c1cc2nccc(Oc3ccc(NC(=O)C4(C(=O)Nc5ccc(F)cc5)CC4)cc3)c2cc1C. The average Bonchev–Trinajstić information content (AvgIpc) is 3.73. The van der Waals surface area contributed by atoms with Gasteiger partial charge >= 0.3 is 0 Å². The predicted molar refractivity (Wildman–Crippen MR) is 143 cm³/mol. The smallest absolute Gasteiger partial charge is 0.240 e. The number of carbonyl (C=O) groups is 3. The van der Waals surface area contributed by atoms with Gasteiger partial charge < -0.3 is 15.4 Å². The lowest BCUT2D eigenvalue weighted by atomic mass is 10.00. The van der Waals surface area contributed by atoms with Crippen LogP contribution in [0.1, 0.15) is 42.1 Å². The van der Waals surface area contributed by atoms with Crippen LogP contribution >= 0.6 is 0 Å². The van der Waals surface area contributed by atoms with Gasteiger partial charge in [-0.3, -0.25) is 19.4 Å². The first-order chi connectivity index (χ1) is 18.3. The Labute approximate surface area is 219 Å². The van der Waals surface area contributed by atoms with Crippen LogP contribution in [0.3, 0.4) is 0 Å². The third-order valence-corrected chi connectivity index (χ3v) is 6.73. The van der Waals surface area contributed by atoms with Crippen molar-refractivity contribution in [2.24, 2.45) is 5.41 Å². The van der Waals surface area contributed by atoms with E-state index in [2.05, 4.69) is 15.6 Å². The van der Waals surface area contributed by atoms with Crippen molar-refractivity contribution in [2.45, 2.75) is 33.1 Å². The maximum Gasteiger partial charge on any atom is 0.240 e. The number of halogens is 1. The Hall–Kier alpha value is -4.59. The van der Waals surface area contributed by atoms with Crippen LogP contribution in [0, 0.1) is 18.2 Å². The molecule has 7 nitrogen and oxygen atoms in total. The summed E-state index contributed by atoms with van der Waals surface area (Å²) in [5.41, 5.74) is 2.00. The second kappa shape index (κ2) is 10.0. The second-order valence-corrected chi connectivity index (χ2v) is 9.39. The van der Waals surface area contributed by atoms with E-state index in [-0.39, 0.29) is 11.7 Å². The monoisotopic (exact) mass is 511 g/mol. The van der Waals surface area contributed by atoms with Gasteiger partial charge in [0, 0.05) is 34.9 Å². The molecule has 3 aromatic carbocycles. The highest BCUT2D eigenvalue weighted by Crippen LogP contribution is 2.47. The minimum Gasteiger partial charge on any atom is -0.457 e. The van der Waals surface area contributed by atoms with Gasteiger partial charge in [0.05, 0.1) is 5.52 Å². The zero-order valence-electron chi connectivity index (χ0n) is 21.0. The van der Waals surface area contributed by atoms with Crippen molar-refractivity contribution < 1.29 is 23.5 Å². The number of aryl methyl sites for hydroxylation is 1. The molecule has 1 aromatic heterocycles. The molecule has 2 amide bonds. The number of benzene rings is 3. The number of nitrogens with zero attached hydrogens (tertiary/aromatic N) is 1. The van der Waals surface area contributed by atoms with Crippen LogP contribution in [0.4, 0.5) is 15.8 Å². The van der Waals surface area contributed by atoms with E-state index in [0.29, 0.717) is 53.2 Å². The molecule has 1 aliphatic rings. The van der Waals surface area contributed by atoms with Gasteiger partial charge in [0.2, 0.25) is 11.8 Å². The Morgan fingerprint density at radius 3 is 2.11 bits per heavy atom. The zero-order valence-corrected chi connectivity index (χ0v) is 21.0. The third kappa shape index (κ3) is 4.98. The molecule has 1 aliphatic carbocycles. The van der Waals surface area contributed by atoms with Crippen molar-refractivity contribution in [2.75, 3.05) is 10.6 Å². The van der Waals surface area contributed by atoms with Crippen LogP contribution in [-0.2, 0) is 9.59 Å². The van der Waals surface area contributed by atoms with E-state index in [9.17, 15) is 18.8 Å². The summed E-state index contributed by atoms with van der Waals surface area (Å²) in [5, 5.41) is 6.30. The number of fused-ring (bicyclic) bond motifs is 1. The third-order valence-electron chi connectivity index (χ3n) is 6.73. The molecule has 4 aromatic rings. The number of nitrogens with one attached hydrogen (secondary N) is 2. The number of anilines is 2. The van der Waals surface area contributed by atoms with Crippen molar-refractivity contribution in [3.63, 3.8) is 0 Å². The Balaban J connectivity index is 1.27. The molecule has 1 fully saturated rings. The molecule has 0 atom stereocenters. The summed E-state index contributed by atoms with van der Waals surface area (Å²) in [7, 11) is 0. The van der Waals surface area contributed by atoms with Crippen LogP contribution in [-0.4, -0.2) is 22.6 Å². The van der Waals surface area contributed by atoms with Gasteiger partial charge in [-0.25, -0.2) is 4.39 Å². The van der Waals surface area contributed by atoms with E-state index in [1.54, 1.807) is 42.6 Å². The summed E-state index contributed by atoms with van der Waals surface area (Å²) in [5.74, 6) is 0.0102. The van der Waals surface area contributed by atoms with E-state index >= 15 is 0 Å². The fraction of sp³-hybridized carbons (Fsp3) is 0.200. The molecule has 0 unspecified atom stereocenters. The van der Waals surface area contributed by atoms with E-state index in [4.69, 9.17) is 4.74 Å².